The molecule has 2 rings (SSSR count). The van der Waals surface area contributed by atoms with E-state index in [1.54, 1.807) is 24.3 Å². The zero-order chi connectivity index (χ0) is 21.4. The van der Waals surface area contributed by atoms with Gasteiger partial charge in [0.15, 0.2) is 5.11 Å². The molecule has 0 atom stereocenters. The number of carbonyl (C=O) groups is 2. The van der Waals surface area contributed by atoms with E-state index in [1.807, 2.05) is 11.6 Å². The molecular weight excluding hydrogens is 414 g/mol. The predicted molar refractivity (Wildman–Crippen MR) is 113 cm³/mol. The van der Waals surface area contributed by atoms with Crippen LogP contribution >= 0.6 is 12.2 Å². The van der Waals surface area contributed by atoms with E-state index in [1.165, 1.54) is 24.3 Å². The number of anilines is 1. The van der Waals surface area contributed by atoms with Gasteiger partial charge in [-0.15, -0.1) is 0 Å². The molecule has 8 nitrogen and oxygen atoms in total. The van der Waals surface area contributed by atoms with E-state index < -0.39 is 21.8 Å². The molecule has 0 unspecified atom stereocenters. The third-order valence-corrected chi connectivity index (χ3v) is 5.17. The third-order valence-electron chi connectivity index (χ3n) is 3.52. The molecule has 3 N–H and O–H groups in total. The Hall–Kier alpha value is -2.98. The fraction of sp³-hybridized carbons (Fsp3) is 0.211. The lowest BCUT2D eigenvalue weighted by molar-refractivity contribution is -0.117. The predicted octanol–water partition coefficient (Wildman–Crippen LogP) is 2.43. The lowest BCUT2D eigenvalue weighted by Crippen LogP contribution is -2.34. The van der Waals surface area contributed by atoms with Crippen molar-refractivity contribution in [3.05, 3.63) is 54.1 Å². The standard InChI is InChI=1S/C19H21N3O5S2/c1-3-12-27-17-7-5-4-6-16(17)18(24)21-19(28)20-14-8-10-15(11-9-14)29(25,26)22-13(2)23/h4-11H,3,12H2,1-2H3,(H,22,23)(H2,20,21,24,28). The topological polar surface area (TPSA) is 114 Å². The van der Waals surface area contributed by atoms with Crippen LogP contribution in [0.2, 0.25) is 0 Å². The largest absolute Gasteiger partial charge is 0.493 e. The van der Waals surface area contributed by atoms with Crippen LogP contribution in [-0.2, 0) is 14.8 Å². The van der Waals surface area contributed by atoms with E-state index >= 15 is 0 Å². The lowest BCUT2D eigenvalue weighted by atomic mass is 10.2. The minimum absolute atomic E-state index is 0.0396. The third kappa shape index (κ3) is 6.54. The highest BCUT2D eigenvalue weighted by atomic mass is 32.2. The highest BCUT2D eigenvalue weighted by Crippen LogP contribution is 2.18. The van der Waals surface area contributed by atoms with Crippen molar-refractivity contribution in [2.24, 2.45) is 0 Å². The van der Waals surface area contributed by atoms with Gasteiger partial charge in [0.05, 0.1) is 17.1 Å². The van der Waals surface area contributed by atoms with Crippen LogP contribution in [0.5, 0.6) is 5.75 Å². The van der Waals surface area contributed by atoms with Crippen molar-refractivity contribution in [2.75, 3.05) is 11.9 Å². The molecule has 10 heteroatoms. The number of para-hydroxylation sites is 1. The summed E-state index contributed by atoms with van der Waals surface area (Å²) in [5.41, 5.74) is 0.814. The maximum absolute atomic E-state index is 12.5. The van der Waals surface area contributed by atoms with Crippen LogP contribution < -0.4 is 20.1 Å². The van der Waals surface area contributed by atoms with Crippen molar-refractivity contribution < 1.29 is 22.7 Å². The van der Waals surface area contributed by atoms with Gasteiger partial charge >= 0.3 is 0 Å². The van der Waals surface area contributed by atoms with E-state index in [9.17, 15) is 18.0 Å². The zero-order valence-electron chi connectivity index (χ0n) is 15.9. The molecule has 0 bridgehead atoms. The molecule has 0 aliphatic rings. The number of carbonyl (C=O) groups excluding carboxylic acids is 2. The van der Waals surface area contributed by atoms with Crippen LogP contribution in [0.3, 0.4) is 0 Å². The van der Waals surface area contributed by atoms with E-state index in [4.69, 9.17) is 17.0 Å². The van der Waals surface area contributed by atoms with Gasteiger partial charge in [-0.05, 0) is 55.0 Å². The van der Waals surface area contributed by atoms with Gasteiger partial charge in [0, 0.05) is 12.6 Å². The van der Waals surface area contributed by atoms with Crippen molar-refractivity contribution in [3.8, 4) is 5.75 Å². The molecule has 0 aliphatic heterocycles. The fourth-order valence-corrected chi connectivity index (χ4v) is 3.49. The molecule has 29 heavy (non-hydrogen) atoms. The Labute approximate surface area is 174 Å². The lowest BCUT2D eigenvalue weighted by Gasteiger charge is -2.13. The minimum atomic E-state index is -3.92. The van der Waals surface area contributed by atoms with Crippen molar-refractivity contribution in [1.29, 1.82) is 0 Å². The summed E-state index contributed by atoms with van der Waals surface area (Å²) in [5.74, 6) is -0.652. The monoisotopic (exact) mass is 435 g/mol. The van der Waals surface area contributed by atoms with Gasteiger partial charge in [0.25, 0.3) is 15.9 Å². The summed E-state index contributed by atoms with van der Waals surface area (Å²) >= 11 is 5.15. The van der Waals surface area contributed by atoms with Crippen LogP contribution in [0, 0.1) is 0 Å². The Morgan fingerprint density at radius 1 is 1.07 bits per heavy atom. The van der Waals surface area contributed by atoms with Crippen LogP contribution in [0.25, 0.3) is 0 Å². The van der Waals surface area contributed by atoms with Crippen molar-refractivity contribution in [2.45, 2.75) is 25.2 Å². The molecule has 0 heterocycles. The van der Waals surface area contributed by atoms with Crippen molar-refractivity contribution >= 4 is 44.9 Å². The summed E-state index contributed by atoms with van der Waals surface area (Å²) in [5, 5.41) is 5.40. The highest BCUT2D eigenvalue weighted by Gasteiger charge is 2.16. The molecule has 0 aromatic heterocycles. The summed E-state index contributed by atoms with van der Waals surface area (Å²) in [7, 11) is -3.92. The number of thiocarbonyl (C=S) groups is 1. The fourth-order valence-electron chi connectivity index (χ4n) is 2.29. The number of nitrogens with one attached hydrogen (secondary N) is 3. The molecule has 0 fully saturated rings. The summed E-state index contributed by atoms with van der Waals surface area (Å²) in [6.07, 6.45) is 0.809. The average molecular weight is 436 g/mol. The van der Waals surface area contributed by atoms with Gasteiger partial charge in [-0.1, -0.05) is 19.1 Å². The molecule has 2 aromatic rings. The Balaban J connectivity index is 2.03. The SMILES string of the molecule is CCCOc1ccccc1C(=O)NC(=S)Nc1ccc(S(=O)(=O)NC(C)=O)cc1. The number of sulfonamides is 1. The number of benzene rings is 2. The smallest absolute Gasteiger partial charge is 0.264 e. The van der Waals surface area contributed by atoms with Crippen LogP contribution in [0.4, 0.5) is 5.69 Å². The number of hydrogen-bond acceptors (Lipinski definition) is 6. The van der Waals surface area contributed by atoms with Gasteiger partial charge in [-0.3, -0.25) is 14.9 Å². The summed E-state index contributed by atoms with van der Waals surface area (Å²) in [6.45, 7) is 3.56. The van der Waals surface area contributed by atoms with Crippen molar-refractivity contribution in [1.82, 2.24) is 10.0 Å². The second-order valence-electron chi connectivity index (χ2n) is 5.94. The first kappa shape index (κ1) is 22.3. The van der Waals surface area contributed by atoms with Crippen LogP contribution in [-0.4, -0.2) is 32.0 Å². The maximum Gasteiger partial charge on any atom is 0.264 e. The number of rotatable bonds is 7. The van der Waals surface area contributed by atoms with E-state index in [0.717, 1.165) is 13.3 Å². The zero-order valence-corrected chi connectivity index (χ0v) is 17.5. The van der Waals surface area contributed by atoms with E-state index in [2.05, 4.69) is 10.6 Å². The first-order chi connectivity index (χ1) is 13.7. The van der Waals surface area contributed by atoms with Crippen molar-refractivity contribution in [3.63, 3.8) is 0 Å². The van der Waals surface area contributed by atoms with Gasteiger partial charge in [-0.2, -0.15) is 0 Å². The molecule has 0 aliphatic carbocycles. The molecule has 154 valence electrons. The maximum atomic E-state index is 12.5. The Morgan fingerprint density at radius 2 is 1.72 bits per heavy atom. The summed E-state index contributed by atoms with van der Waals surface area (Å²) < 4.78 is 31.3. The molecule has 0 radical (unpaired) electrons. The molecule has 0 saturated heterocycles. The van der Waals surface area contributed by atoms with Gasteiger partial charge in [0.2, 0.25) is 5.91 Å². The molecule has 2 amide bonds. The Bertz CT molecular complexity index is 1000. The van der Waals surface area contributed by atoms with Gasteiger partial charge in [-0.25, -0.2) is 13.1 Å². The van der Waals surface area contributed by atoms with Crippen LogP contribution in [0.15, 0.2) is 53.4 Å². The van der Waals surface area contributed by atoms with Crippen LogP contribution in [0.1, 0.15) is 30.6 Å². The molecule has 0 saturated carbocycles. The Kier molecular flexibility index (Phi) is 7.68. The quantitative estimate of drug-likeness (QED) is 0.573. The van der Waals surface area contributed by atoms with Gasteiger partial charge in [0.1, 0.15) is 5.75 Å². The number of amides is 2. The first-order valence-electron chi connectivity index (χ1n) is 8.70. The minimum Gasteiger partial charge on any atom is -0.493 e. The summed E-state index contributed by atoms with van der Waals surface area (Å²) in [4.78, 5) is 23.4. The average Bonchev–Trinajstić information content (AvgIpc) is 2.66. The molecule has 0 spiro atoms. The highest BCUT2D eigenvalue weighted by molar-refractivity contribution is 7.90. The molecule has 2 aromatic carbocycles. The Morgan fingerprint density at radius 3 is 2.34 bits per heavy atom. The van der Waals surface area contributed by atoms with E-state index in [0.29, 0.717) is 23.6 Å². The number of hydrogen-bond donors (Lipinski definition) is 3. The first-order valence-corrected chi connectivity index (χ1v) is 10.6. The second kappa shape index (κ2) is 9.99. The normalized spacial score (nSPS) is 10.7. The van der Waals surface area contributed by atoms with E-state index in [-0.39, 0.29) is 10.0 Å². The van der Waals surface area contributed by atoms with Gasteiger partial charge < -0.3 is 10.1 Å². The summed E-state index contributed by atoms with van der Waals surface area (Å²) in [6, 6.07) is 12.4. The second-order valence-corrected chi connectivity index (χ2v) is 8.03. The molecular formula is C19H21N3O5S2. The number of ether oxygens (including phenoxy) is 1.